The number of aromatic nitrogens is 5. The lowest BCUT2D eigenvalue weighted by Crippen LogP contribution is -2.14. The topological polar surface area (TPSA) is 102 Å². The maximum absolute atomic E-state index is 4.76. The fraction of sp³-hybridized carbons (Fsp3) is 0.211. The van der Waals surface area contributed by atoms with Gasteiger partial charge in [0.05, 0.1) is 6.04 Å². The third kappa shape index (κ3) is 3.84. The molecule has 0 bridgehead atoms. The Hall–Kier alpha value is -3.55. The number of rotatable bonds is 7. The number of anilines is 2. The predicted molar refractivity (Wildman–Crippen MR) is 102 cm³/mol. The number of pyridine rings is 1. The molecule has 3 heterocycles. The van der Waals surface area contributed by atoms with Gasteiger partial charge in [0, 0.05) is 18.9 Å². The summed E-state index contributed by atoms with van der Waals surface area (Å²) in [5.74, 6) is 1.22. The Morgan fingerprint density at radius 2 is 1.63 bits per heavy atom. The van der Waals surface area contributed by atoms with Crippen LogP contribution in [0.4, 0.5) is 11.6 Å². The van der Waals surface area contributed by atoms with Crippen molar-refractivity contribution in [2.24, 2.45) is 0 Å². The van der Waals surface area contributed by atoms with E-state index in [1.54, 1.807) is 12.4 Å². The third-order valence-electron chi connectivity index (χ3n) is 4.24. The van der Waals surface area contributed by atoms with Crippen LogP contribution in [0.5, 0.6) is 0 Å². The zero-order valence-corrected chi connectivity index (χ0v) is 14.8. The first-order chi connectivity index (χ1) is 13.3. The van der Waals surface area contributed by atoms with Crippen LogP contribution in [0.3, 0.4) is 0 Å². The molecule has 4 rings (SSSR count). The Bertz CT molecular complexity index is 1000. The van der Waals surface area contributed by atoms with Crippen molar-refractivity contribution in [3.63, 3.8) is 0 Å². The van der Waals surface area contributed by atoms with Crippen molar-refractivity contribution in [1.82, 2.24) is 25.3 Å². The van der Waals surface area contributed by atoms with Gasteiger partial charge in [0.15, 0.2) is 11.6 Å². The summed E-state index contributed by atoms with van der Waals surface area (Å²) in [6.45, 7) is 2.73. The van der Waals surface area contributed by atoms with Gasteiger partial charge >= 0.3 is 0 Å². The van der Waals surface area contributed by atoms with E-state index in [2.05, 4.69) is 55.0 Å². The van der Waals surface area contributed by atoms with Gasteiger partial charge < -0.3 is 10.6 Å². The summed E-state index contributed by atoms with van der Waals surface area (Å²) in [4.78, 5) is 13.1. The summed E-state index contributed by atoms with van der Waals surface area (Å²) < 4.78 is 4.76. The fourth-order valence-electron chi connectivity index (χ4n) is 2.83. The van der Waals surface area contributed by atoms with E-state index < -0.39 is 0 Å². The highest BCUT2D eigenvalue weighted by Crippen LogP contribution is 2.26. The number of fused-ring (bicyclic) bond motifs is 1. The van der Waals surface area contributed by atoms with E-state index in [1.165, 1.54) is 0 Å². The van der Waals surface area contributed by atoms with Gasteiger partial charge in [0.2, 0.25) is 11.3 Å². The highest BCUT2D eigenvalue weighted by atomic mass is 16.6. The monoisotopic (exact) mass is 361 g/mol. The van der Waals surface area contributed by atoms with Gasteiger partial charge in [0.1, 0.15) is 0 Å². The third-order valence-corrected chi connectivity index (χ3v) is 4.24. The number of nitrogens with one attached hydrogen (secondary N) is 2. The number of hydrogen-bond donors (Lipinski definition) is 2. The van der Waals surface area contributed by atoms with Crippen molar-refractivity contribution in [3.8, 4) is 0 Å². The lowest BCUT2D eigenvalue weighted by Gasteiger charge is -2.19. The maximum atomic E-state index is 4.76. The maximum Gasteiger partial charge on any atom is 0.245 e. The average Bonchev–Trinajstić information content (AvgIpc) is 3.18. The van der Waals surface area contributed by atoms with E-state index in [0.717, 1.165) is 17.5 Å². The van der Waals surface area contributed by atoms with Crippen LogP contribution in [-0.4, -0.2) is 25.3 Å². The molecule has 8 nitrogen and oxygen atoms in total. The van der Waals surface area contributed by atoms with Crippen LogP contribution in [0.15, 0.2) is 59.5 Å². The van der Waals surface area contributed by atoms with Crippen LogP contribution in [-0.2, 0) is 6.54 Å². The first-order valence-corrected chi connectivity index (χ1v) is 8.78. The Labute approximate surface area is 156 Å². The zero-order chi connectivity index (χ0) is 18.5. The number of hydrogen-bond acceptors (Lipinski definition) is 8. The average molecular weight is 361 g/mol. The molecular weight excluding hydrogens is 342 g/mol. The van der Waals surface area contributed by atoms with Crippen LogP contribution in [0.2, 0.25) is 0 Å². The van der Waals surface area contributed by atoms with Crippen molar-refractivity contribution in [3.05, 3.63) is 66.0 Å². The Balaban J connectivity index is 1.63. The summed E-state index contributed by atoms with van der Waals surface area (Å²) in [5.41, 5.74) is 3.01. The molecule has 0 amide bonds. The molecule has 0 aliphatic heterocycles. The lowest BCUT2D eigenvalue weighted by molar-refractivity contribution is 0.314. The van der Waals surface area contributed by atoms with Crippen LogP contribution in [0, 0.1) is 0 Å². The van der Waals surface area contributed by atoms with Gasteiger partial charge in [0.25, 0.3) is 0 Å². The Morgan fingerprint density at radius 3 is 2.33 bits per heavy atom. The molecule has 2 N–H and O–H groups in total. The standard InChI is InChI=1S/C19H19N7O/c1-2-15(14-8-10-20-11-9-14)22-17-16(21-12-13-6-4-3-5-7-13)23-18-19(24-17)26-27-25-18/h3-11,15H,2,12H2,1H3,(H,21,23,25)(H,22,24,26). The van der Waals surface area contributed by atoms with Gasteiger partial charge in [-0.25, -0.2) is 14.6 Å². The Morgan fingerprint density at radius 1 is 0.926 bits per heavy atom. The first kappa shape index (κ1) is 16.9. The predicted octanol–water partition coefficient (Wildman–Crippen LogP) is 3.58. The molecule has 1 aromatic carbocycles. The van der Waals surface area contributed by atoms with Crippen LogP contribution >= 0.6 is 0 Å². The molecule has 0 fully saturated rings. The zero-order valence-electron chi connectivity index (χ0n) is 14.8. The first-order valence-electron chi connectivity index (χ1n) is 8.78. The minimum atomic E-state index is 0.0666. The van der Waals surface area contributed by atoms with E-state index in [9.17, 15) is 0 Å². The molecular formula is C19H19N7O. The molecule has 1 unspecified atom stereocenters. The van der Waals surface area contributed by atoms with E-state index >= 15 is 0 Å². The molecule has 0 aliphatic rings. The van der Waals surface area contributed by atoms with Crippen molar-refractivity contribution < 1.29 is 4.63 Å². The smallest absolute Gasteiger partial charge is 0.245 e. The normalized spacial score (nSPS) is 12.0. The van der Waals surface area contributed by atoms with Gasteiger partial charge in [-0.05, 0) is 40.0 Å². The number of nitrogens with zero attached hydrogens (tertiary/aromatic N) is 5. The second-order valence-corrected chi connectivity index (χ2v) is 6.06. The van der Waals surface area contributed by atoms with E-state index in [1.807, 2.05) is 30.3 Å². The molecule has 4 aromatic rings. The van der Waals surface area contributed by atoms with Crippen molar-refractivity contribution in [2.75, 3.05) is 10.6 Å². The summed E-state index contributed by atoms with van der Waals surface area (Å²) >= 11 is 0. The molecule has 1 atom stereocenters. The summed E-state index contributed by atoms with van der Waals surface area (Å²) in [5, 5.41) is 14.4. The lowest BCUT2D eigenvalue weighted by atomic mass is 10.1. The van der Waals surface area contributed by atoms with Crippen LogP contribution < -0.4 is 10.6 Å². The van der Waals surface area contributed by atoms with Crippen molar-refractivity contribution >= 4 is 22.9 Å². The molecule has 8 heteroatoms. The molecule has 0 radical (unpaired) electrons. The van der Waals surface area contributed by atoms with E-state index in [-0.39, 0.29) is 6.04 Å². The van der Waals surface area contributed by atoms with Crippen LogP contribution in [0.1, 0.15) is 30.5 Å². The minimum absolute atomic E-state index is 0.0666. The van der Waals surface area contributed by atoms with Crippen molar-refractivity contribution in [1.29, 1.82) is 0 Å². The van der Waals surface area contributed by atoms with Gasteiger partial charge in [-0.2, -0.15) is 0 Å². The van der Waals surface area contributed by atoms with Gasteiger partial charge in [-0.3, -0.25) is 4.98 Å². The Kier molecular flexibility index (Phi) is 4.86. The molecule has 0 spiro atoms. The summed E-state index contributed by atoms with van der Waals surface area (Å²) in [6, 6.07) is 14.1. The van der Waals surface area contributed by atoms with E-state index in [4.69, 9.17) is 4.63 Å². The number of benzene rings is 1. The van der Waals surface area contributed by atoms with Crippen molar-refractivity contribution in [2.45, 2.75) is 25.9 Å². The highest BCUT2D eigenvalue weighted by Gasteiger charge is 2.17. The highest BCUT2D eigenvalue weighted by molar-refractivity contribution is 5.73. The molecule has 27 heavy (non-hydrogen) atoms. The molecule has 0 aliphatic carbocycles. The summed E-state index contributed by atoms with van der Waals surface area (Å²) in [6.07, 6.45) is 4.44. The van der Waals surface area contributed by atoms with Gasteiger partial charge in [-0.15, -0.1) is 0 Å². The second-order valence-electron chi connectivity index (χ2n) is 6.06. The minimum Gasteiger partial charge on any atom is -0.363 e. The van der Waals surface area contributed by atoms with Crippen LogP contribution in [0.25, 0.3) is 11.3 Å². The fourth-order valence-corrected chi connectivity index (χ4v) is 2.83. The van der Waals surface area contributed by atoms with E-state index in [0.29, 0.717) is 29.5 Å². The summed E-state index contributed by atoms with van der Waals surface area (Å²) in [7, 11) is 0. The molecule has 0 saturated carbocycles. The molecule has 3 aromatic heterocycles. The second kappa shape index (κ2) is 7.77. The van der Waals surface area contributed by atoms with Gasteiger partial charge in [-0.1, -0.05) is 37.3 Å². The quantitative estimate of drug-likeness (QED) is 0.515. The molecule has 136 valence electrons. The largest absolute Gasteiger partial charge is 0.363 e. The SMILES string of the molecule is CCC(Nc1nc2nonc2nc1NCc1ccccc1)c1ccncc1. The molecule has 0 saturated heterocycles.